The lowest BCUT2D eigenvalue weighted by Crippen LogP contribution is -2.06. The van der Waals surface area contributed by atoms with Crippen molar-refractivity contribution >= 4 is 15.8 Å². The molecule has 0 unspecified atom stereocenters. The Morgan fingerprint density at radius 1 is 1.11 bits per heavy atom. The summed E-state index contributed by atoms with van der Waals surface area (Å²) in [6.07, 6.45) is 1.16. The highest BCUT2D eigenvalue weighted by molar-refractivity contribution is 7.89. The Morgan fingerprint density at radius 3 is 2.52 bits per heavy atom. The maximum atomic E-state index is 12.1. The summed E-state index contributed by atoms with van der Waals surface area (Å²) in [5.41, 5.74) is 2.78. The van der Waals surface area contributed by atoms with E-state index in [-0.39, 0.29) is 18.3 Å². The van der Waals surface area contributed by atoms with E-state index in [0.29, 0.717) is 17.0 Å². The van der Waals surface area contributed by atoms with E-state index in [4.69, 9.17) is 9.15 Å². The molecule has 2 aromatic carbocycles. The van der Waals surface area contributed by atoms with Crippen LogP contribution in [0.1, 0.15) is 27.4 Å². The van der Waals surface area contributed by atoms with Crippen LogP contribution < -0.4 is 0 Å². The molecule has 27 heavy (non-hydrogen) atoms. The van der Waals surface area contributed by atoms with E-state index in [2.05, 4.69) is 10.2 Å². The summed E-state index contributed by atoms with van der Waals surface area (Å²) in [4.78, 5) is 12.1. The van der Waals surface area contributed by atoms with Gasteiger partial charge in [-0.15, -0.1) is 10.2 Å². The van der Waals surface area contributed by atoms with Gasteiger partial charge in [-0.25, -0.2) is 13.2 Å². The topological polar surface area (TPSA) is 99.4 Å². The van der Waals surface area contributed by atoms with Crippen LogP contribution >= 0.6 is 0 Å². The number of aryl methyl sites for hydroxylation is 1. The first kappa shape index (κ1) is 18.8. The number of aromatic nitrogens is 2. The molecule has 1 heterocycles. The molecule has 8 heteroatoms. The highest BCUT2D eigenvalue weighted by Gasteiger charge is 2.13. The molecule has 3 rings (SSSR count). The second kappa shape index (κ2) is 7.71. The molecule has 0 fully saturated rings. The Labute approximate surface area is 156 Å². The van der Waals surface area contributed by atoms with E-state index >= 15 is 0 Å². The van der Waals surface area contributed by atoms with Crippen LogP contribution in [0.4, 0.5) is 0 Å². The van der Waals surface area contributed by atoms with Gasteiger partial charge in [0.1, 0.15) is 0 Å². The maximum absolute atomic E-state index is 12.1. The van der Waals surface area contributed by atoms with Gasteiger partial charge in [-0.1, -0.05) is 29.8 Å². The second-order valence-corrected chi connectivity index (χ2v) is 8.35. The van der Waals surface area contributed by atoms with Crippen molar-refractivity contribution in [1.82, 2.24) is 10.2 Å². The first-order chi connectivity index (χ1) is 12.8. The molecule has 3 aromatic rings. The van der Waals surface area contributed by atoms with Crippen LogP contribution in [0.3, 0.4) is 0 Å². The van der Waals surface area contributed by atoms with E-state index in [0.717, 1.165) is 17.4 Å². The lowest BCUT2D eigenvalue weighted by molar-refractivity contribution is 0.0438. The van der Waals surface area contributed by atoms with Crippen LogP contribution in [0.2, 0.25) is 0 Å². The fourth-order valence-corrected chi connectivity index (χ4v) is 3.26. The molecule has 0 N–H and O–H groups in total. The van der Waals surface area contributed by atoms with Crippen molar-refractivity contribution in [2.24, 2.45) is 0 Å². The SMILES string of the molecule is Cc1cccc(-c2nnc(COC(=O)c3ccc(CS(C)(=O)=O)cc3)o2)c1. The minimum atomic E-state index is -3.12. The standard InChI is InChI=1S/C19H18N2O5S/c1-13-4-3-5-16(10-13)18-21-20-17(26-18)11-25-19(22)15-8-6-14(7-9-15)12-27(2,23)24/h3-10H,11-12H2,1-2H3. The highest BCUT2D eigenvalue weighted by atomic mass is 32.2. The van der Waals surface area contributed by atoms with Gasteiger partial charge in [0.25, 0.3) is 5.89 Å². The lowest BCUT2D eigenvalue weighted by Gasteiger charge is -2.04. The molecule has 0 spiro atoms. The number of nitrogens with zero attached hydrogens (tertiary/aromatic N) is 2. The van der Waals surface area contributed by atoms with Gasteiger partial charge in [0.2, 0.25) is 5.89 Å². The third-order valence-corrected chi connectivity index (χ3v) is 4.53. The summed E-state index contributed by atoms with van der Waals surface area (Å²) in [5.74, 6) is -0.0916. The zero-order chi connectivity index (χ0) is 19.4. The minimum Gasteiger partial charge on any atom is -0.452 e. The summed E-state index contributed by atoms with van der Waals surface area (Å²) in [7, 11) is -3.12. The van der Waals surface area contributed by atoms with Crippen molar-refractivity contribution in [3.63, 3.8) is 0 Å². The second-order valence-electron chi connectivity index (χ2n) is 6.21. The van der Waals surface area contributed by atoms with Crippen molar-refractivity contribution in [3.05, 3.63) is 71.1 Å². The third-order valence-electron chi connectivity index (χ3n) is 3.68. The Bertz CT molecular complexity index is 1060. The normalized spacial score (nSPS) is 11.3. The number of benzene rings is 2. The average Bonchev–Trinajstić information content (AvgIpc) is 3.08. The van der Waals surface area contributed by atoms with Gasteiger partial charge >= 0.3 is 5.97 Å². The monoisotopic (exact) mass is 386 g/mol. The Kier molecular flexibility index (Phi) is 5.36. The molecule has 0 atom stereocenters. The molecule has 0 aliphatic heterocycles. The summed E-state index contributed by atoms with van der Waals surface area (Å²) in [6.45, 7) is 1.81. The van der Waals surface area contributed by atoms with Crippen molar-refractivity contribution < 1.29 is 22.4 Å². The average molecular weight is 386 g/mol. The number of carbonyl (C=O) groups is 1. The van der Waals surface area contributed by atoms with Crippen molar-refractivity contribution in [2.45, 2.75) is 19.3 Å². The van der Waals surface area contributed by atoms with Crippen LogP contribution in [0, 0.1) is 6.92 Å². The Morgan fingerprint density at radius 2 is 1.85 bits per heavy atom. The fourth-order valence-electron chi connectivity index (χ4n) is 2.46. The fraction of sp³-hybridized carbons (Fsp3) is 0.211. The molecule has 0 saturated heterocycles. The van der Waals surface area contributed by atoms with Gasteiger partial charge in [0.15, 0.2) is 16.4 Å². The minimum absolute atomic E-state index is 0.0773. The van der Waals surface area contributed by atoms with E-state index < -0.39 is 15.8 Å². The molecular weight excluding hydrogens is 368 g/mol. The van der Waals surface area contributed by atoms with Crippen LogP contribution in [-0.2, 0) is 26.9 Å². The van der Waals surface area contributed by atoms with Gasteiger partial charge in [-0.2, -0.15) is 0 Å². The molecule has 140 valence electrons. The molecular formula is C19H18N2O5S. The molecule has 7 nitrogen and oxygen atoms in total. The lowest BCUT2D eigenvalue weighted by atomic mass is 10.1. The number of hydrogen-bond acceptors (Lipinski definition) is 7. The molecule has 0 radical (unpaired) electrons. The van der Waals surface area contributed by atoms with E-state index in [1.54, 1.807) is 12.1 Å². The molecule has 0 aliphatic carbocycles. The van der Waals surface area contributed by atoms with Crippen molar-refractivity contribution in [2.75, 3.05) is 6.26 Å². The zero-order valence-electron chi connectivity index (χ0n) is 14.9. The predicted octanol–water partition coefficient (Wildman–Crippen LogP) is 2.95. The molecule has 1 aromatic heterocycles. The number of rotatable bonds is 6. The van der Waals surface area contributed by atoms with Crippen LogP contribution in [0.25, 0.3) is 11.5 Å². The predicted molar refractivity (Wildman–Crippen MR) is 98.6 cm³/mol. The maximum Gasteiger partial charge on any atom is 0.338 e. The Hall–Kier alpha value is -3.00. The molecule has 0 amide bonds. The number of hydrogen-bond donors (Lipinski definition) is 0. The van der Waals surface area contributed by atoms with E-state index in [1.165, 1.54) is 12.1 Å². The summed E-state index contributed by atoms with van der Waals surface area (Å²) >= 11 is 0. The van der Waals surface area contributed by atoms with Crippen LogP contribution in [-0.4, -0.2) is 30.8 Å². The number of esters is 1. The summed E-state index contributed by atoms with van der Waals surface area (Å²) in [5, 5.41) is 7.84. The van der Waals surface area contributed by atoms with Crippen molar-refractivity contribution in [1.29, 1.82) is 0 Å². The highest BCUT2D eigenvalue weighted by Crippen LogP contribution is 2.19. The number of sulfone groups is 1. The van der Waals surface area contributed by atoms with Crippen LogP contribution in [0.15, 0.2) is 52.9 Å². The van der Waals surface area contributed by atoms with Gasteiger partial charge in [-0.05, 0) is 36.8 Å². The molecule has 0 aliphatic rings. The largest absolute Gasteiger partial charge is 0.452 e. The quantitative estimate of drug-likeness (QED) is 0.601. The van der Waals surface area contributed by atoms with Gasteiger partial charge in [-0.3, -0.25) is 0 Å². The molecule has 0 bridgehead atoms. The van der Waals surface area contributed by atoms with Crippen LogP contribution in [0.5, 0.6) is 0 Å². The molecule has 0 saturated carbocycles. The smallest absolute Gasteiger partial charge is 0.338 e. The van der Waals surface area contributed by atoms with Gasteiger partial charge in [0.05, 0.1) is 11.3 Å². The van der Waals surface area contributed by atoms with E-state index in [1.807, 2.05) is 31.2 Å². The zero-order valence-corrected chi connectivity index (χ0v) is 15.7. The summed E-state index contributed by atoms with van der Waals surface area (Å²) < 4.78 is 33.3. The Balaban J connectivity index is 1.61. The van der Waals surface area contributed by atoms with Crippen molar-refractivity contribution in [3.8, 4) is 11.5 Å². The first-order valence-corrected chi connectivity index (χ1v) is 10.2. The summed E-state index contributed by atoms with van der Waals surface area (Å²) in [6, 6.07) is 13.8. The van der Waals surface area contributed by atoms with Gasteiger partial charge in [0, 0.05) is 11.8 Å². The first-order valence-electron chi connectivity index (χ1n) is 8.13. The van der Waals surface area contributed by atoms with E-state index in [9.17, 15) is 13.2 Å². The van der Waals surface area contributed by atoms with Gasteiger partial charge < -0.3 is 9.15 Å². The number of ether oxygens (including phenoxy) is 1. The number of carbonyl (C=O) groups excluding carboxylic acids is 1. The third kappa shape index (κ3) is 5.24.